The lowest BCUT2D eigenvalue weighted by molar-refractivity contribution is -0.137. The zero-order valence-electron chi connectivity index (χ0n) is 23.6. The Morgan fingerprint density at radius 2 is 1.71 bits per heavy atom. The van der Waals surface area contributed by atoms with Gasteiger partial charge in [-0.3, -0.25) is 19.3 Å². The van der Waals surface area contributed by atoms with Gasteiger partial charge in [0.1, 0.15) is 17.4 Å². The fourth-order valence-corrected chi connectivity index (χ4v) is 4.93. The molecule has 5 amide bonds. The number of halogens is 4. The third-order valence-electron chi connectivity index (χ3n) is 7.50. The molecule has 1 aliphatic rings. The van der Waals surface area contributed by atoms with Gasteiger partial charge in [-0.1, -0.05) is 51.1 Å². The number of alkyl halides is 3. The predicted molar refractivity (Wildman–Crippen MR) is 143 cm³/mol. The van der Waals surface area contributed by atoms with Crippen LogP contribution < -0.4 is 5.32 Å². The van der Waals surface area contributed by atoms with Gasteiger partial charge >= 0.3 is 12.2 Å². The molecule has 8 nitrogen and oxygen atoms in total. The van der Waals surface area contributed by atoms with Crippen molar-refractivity contribution in [2.75, 3.05) is 20.6 Å². The molecule has 2 aromatic carbocycles. The zero-order valence-corrected chi connectivity index (χ0v) is 23.6. The molecule has 2 aromatic rings. The molecule has 1 saturated heterocycles. The van der Waals surface area contributed by atoms with Gasteiger partial charge in [-0.05, 0) is 42.5 Å². The summed E-state index contributed by atoms with van der Waals surface area (Å²) in [5.74, 6) is -3.79. The Morgan fingerprint density at radius 1 is 1.07 bits per heavy atom. The highest BCUT2D eigenvalue weighted by molar-refractivity contribution is 6.06. The number of carbonyl (C=O) groups is 4. The molecule has 0 bridgehead atoms. The highest BCUT2D eigenvalue weighted by Gasteiger charge is 2.54. The van der Waals surface area contributed by atoms with Gasteiger partial charge in [0.05, 0.1) is 11.1 Å². The SMILES string of the molecule is CCC1(CCN(C)C(=O)C(NC(=O)c2cc(C(F)(F)F)ccc2F)C(C)C)C(=O)N(C)C(=O)N1Cc1ccccc1. The molecule has 1 heterocycles. The summed E-state index contributed by atoms with van der Waals surface area (Å²) < 4.78 is 53.7. The third kappa shape index (κ3) is 6.52. The summed E-state index contributed by atoms with van der Waals surface area (Å²) in [6.07, 6.45) is -4.39. The lowest BCUT2D eigenvalue weighted by Gasteiger charge is -2.36. The molecule has 3 rings (SSSR count). The Labute approximate surface area is 236 Å². The number of hydrogen-bond donors (Lipinski definition) is 1. The van der Waals surface area contributed by atoms with Gasteiger partial charge in [0, 0.05) is 27.2 Å². The van der Waals surface area contributed by atoms with Crippen LogP contribution in [-0.2, 0) is 22.3 Å². The molecular formula is C29H34F4N4O4. The molecule has 0 radical (unpaired) electrons. The number of benzene rings is 2. The second-order valence-electron chi connectivity index (χ2n) is 10.5. The van der Waals surface area contributed by atoms with E-state index >= 15 is 0 Å². The molecule has 2 atom stereocenters. The normalized spacial score (nSPS) is 18.2. The van der Waals surface area contributed by atoms with Crippen LogP contribution in [0, 0.1) is 11.7 Å². The molecule has 222 valence electrons. The van der Waals surface area contributed by atoms with Crippen LogP contribution in [0.1, 0.15) is 55.1 Å². The molecule has 41 heavy (non-hydrogen) atoms. The van der Waals surface area contributed by atoms with Crippen molar-refractivity contribution in [3.63, 3.8) is 0 Å². The van der Waals surface area contributed by atoms with Crippen LogP contribution in [0.3, 0.4) is 0 Å². The van der Waals surface area contributed by atoms with Gasteiger partial charge in [-0.25, -0.2) is 9.18 Å². The molecular weight excluding hydrogens is 544 g/mol. The Hall–Kier alpha value is -3.96. The van der Waals surface area contributed by atoms with Crippen LogP contribution in [-0.4, -0.2) is 70.7 Å². The number of imide groups is 1. The van der Waals surface area contributed by atoms with E-state index in [4.69, 9.17) is 0 Å². The Morgan fingerprint density at radius 3 is 2.27 bits per heavy atom. The summed E-state index contributed by atoms with van der Waals surface area (Å²) in [5, 5.41) is 2.37. The van der Waals surface area contributed by atoms with E-state index in [1.807, 2.05) is 30.3 Å². The zero-order chi connectivity index (χ0) is 30.7. The van der Waals surface area contributed by atoms with Gasteiger partial charge in [0.2, 0.25) is 5.91 Å². The lowest BCUT2D eigenvalue weighted by Crippen LogP contribution is -2.53. The minimum Gasteiger partial charge on any atom is -0.344 e. The maximum Gasteiger partial charge on any atom is 0.416 e. The van der Waals surface area contributed by atoms with Crippen molar-refractivity contribution in [1.29, 1.82) is 0 Å². The molecule has 1 aliphatic heterocycles. The number of rotatable bonds is 10. The van der Waals surface area contributed by atoms with Crippen LogP contribution in [0.4, 0.5) is 22.4 Å². The quantitative estimate of drug-likeness (QED) is 0.327. The van der Waals surface area contributed by atoms with Crippen molar-refractivity contribution in [2.45, 2.75) is 57.9 Å². The van der Waals surface area contributed by atoms with E-state index < -0.39 is 64.4 Å². The van der Waals surface area contributed by atoms with Crippen LogP contribution in [0.2, 0.25) is 0 Å². The van der Waals surface area contributed by atoms with Gasteiger partial charge in [-0.2, -0.15) is 13.2 Å². The van der Waals surface area contributed by atoms with E-state index in [1.54, 1.807) is 20.8 Å². The van der Waals surface area contributed by atoms with Crippen molar-refractivity contribution in [3.8, 4) is 0 Å². The molecule has 12 heteroatoms. The van der Waals surface area contributed by atoms with Crippen molar-refractivity contribution in [3.05, 3.63) is 71.0 Å². The topological polar surface area (TPSA) is 90.0 Å². The molecule has 0 aromatic heterocycles. The summed E-state index contributed by atoms with van der Waals surface area (Å²) in [7, 11) is 2.87. The van der Waals surface area contributed by atoms with Crippen LogP contribution >= 0.6 is 0 Å². The predicted octanol–water partition coefficient (Wildman–Crippen LogP) is 4.69. The monoisotopic (exact) mass is 578 g/mol. The summed E-state index contributed by atoms with van der Waals surface area (Å²) in [6.45, 7) is 5.26. The van der Waals surface area contributed by atoms with Crippen molar-refractivity contribution in [2.24, 2.45) is 5.92 Å². The first-order chi connectivity index (χ1) is 19.1. The standard InChI is InChI=1S/C29H34F4N4O4/c1-6-28(26(40)36(5)27(41)37(28)17-19-10-8-7-9-11-19)14-15-35(4)25(39)23(18(2)3)34-24(38)21-16-20(29(31,32)33)12-13-22(21)30/h7-13,16,18,23H,6,14-15,17H2,1-5H3,(H,34,38). The minimum atomic E-state index is -4.78. The summed E-state index contributed by atoms with van der Waals surface area (Å²) in [5.41, 5.74) is -2.41. The molecule has 1 fully saturated rings. The first-order valence-corrected chi connectivity index (χ1v) is 13.2. The first-order valence-electron chi connectivity index (χ1n) is 13.2. The second kappa shape index (κ2) is 12.3. The Bertz CT molecular complexity index is 1300. The molecule has 1 N–H and O–H groups in total. The number of amides is 5. The average molecular weight is 579 g/mol. The van der Waals surface area contributed by atoms with E-state index in [2.05, 4.69) is 5.32 Å². The van der Waals surface area contributed by atoms with E-state index in [0.717, 1.165) is 10.5 Å². The second-order valence-corrected chi connectivity index (χ2v) is 10.5. The third-order valence-corrected chi connectivity index (χ3v) is 7.50. The fraction of sp³-hybridized carbons (Fsp3) is 0.448. The minimum absolute atomic E-state index is 0.0296. The number of nitrogens with zero attached hydrogens (tertiary/aromatic N) is 3. The maximum absolute atomic E-state index is 14.3. The summed E-state index contributed by atoms with van der Waals surface area (Å²) >= 11 is 0. The van der Waals surface area contributed by atoms with Gasteiger partial charge < -0.3 is 15.1 Å². The number of likely N-dealkylation sites (N-methyl/N-ethyl adjacent to an activating group) is 2. The van der Waals surface area contributed by atoms with Gasteiger partial charge in [-0.15, -0.1) is 0 Å². The van der Waals surface area contributed by atoms with Crippen molar-refractivity contribution >= 4 is 23.8 Å². The number of urea groups is 1. The fourth-order valence-electron chi connectivity index (χ4n) is 4.93. The average Bonchev–Trinajstić information content (AvgIpc) is 3.10. The van der Waals surface area contributed by atoms with Crippen LogP contribution in [0.25, 0.3) is 0 Å². The van der Waals surface area contributed by atoms with Crippen LogP contribution in [0.15, 0.2) is 48.5 Å². The van der Waals surface area contributed by atoms with Crippen molar-refractivity contribution in [1.82, 2.24) is 20.0 Å². The van der Waals surface area contributed by atoms with Crippen molar-refractivity contribution < 1.29 is 36.7 Å². The molecule has 0 spiro atoms. The largest absolute Gasteiger partial charge is 0.416 e. The Kier molecular flexibility index (Phi) is 9.45. The molecule has 0 saturated carbocycles. The molecule has 2 unspecified atom stereocenters. The summed E-state index contributed by atoms with van der Waals surface area (Å²) in [6, 6.07) is 9.02. The van der Waals surface area contributed by atoms with E-state index in [9.17, 15) is 36.7 Å². The van der Waals surface area contributed by atoms with Gasteiger partial charge in [0.25, 0.3) is 11.8 Å². The van der Waals surface area contributed by atoms with Crippen LogP contribution in [0.5, 0.6) is 0 Å². The Balaban J connectivity index is 1.79. The lowest BCUT2D eigenvalue weighted by atomic mass is 9.89. The van der Waals surface area contributed by atoms with Gasteiger partial charge in [0.15, 0.2) is 0 Å². The van der Waals surface area contributed by atoms with E-state index in [-0.39, 0.29) is 25.9 Å². The highest BCUT2D eigenvalue weighted by Crippen LogP contribution is 2.35. The number of nitrogens with one attached hydrogen (secondary N) is 1. The first kappa shape index (κ1) is 31.6. The number of carbonyl (C=O) groups excluding carboxylic acids is 4. The van der Waals surface area contributed by atoms with E-state index in [1.165, 1.54) is 23.9 Å². The maximum atomic E-state index is 14.3. The highest BCUT2D eigenvalue weighted by atomic mass is 19.4. The number of hydrogen-bond acceptors (Lipinski definition) is 4. The van der Waals surface area contributed by atoms with E-state index in [0.29, 0.717) is 18.2 Å². The summed E-state index contributed by atoms with van der Waals surface area (Å²) in [4.78, 5) is 56.4. The smallest absolute Gasteiger partial charge is 0.344 e. The molecule has 0 aliphatic carbocycles.